The van der Waals surface area contributed by atoms with Crippen molar-refractivity contribution in [1.82, 2.24) is 9.97 Å². The Balaban J connectivity index is 2.60. The zero-order valence-electron chi connectivity index (χ0n) is 12.4. The third kappa shape index (κ3) is 2.79. The number of benzene rings is 1. The Hall–Kier alpha value is -1.97. The van der Waals surface area contributed by atoms with Gasteiger partial charge in [0, 0.05) is 17.7 Å². The summed E-state index contributed by atoms with van der Waals surface area (Å²) < 4.78 is 13.8. The van der Waals surface area contributed by atoms with Crippen molar-refractivity contribution in [2.24, 2.45) is 0 Å². The predicted octanol–water partition coefficient (Wildman–Crippen LogP) is 4.15. The summed E-state index contributed by atoms with van der Waals surface area (Å²) in [6, 6.07) is 5.23. The lowest BCUT2D eigenvalue weighted by atomic mass is 9.96. The minimum absolute atomic E-state index is 0.208. The van der Waals surface area contributed by atoms with Gasteiger partial charge in [-0.1, -0.05) is 26.0 Å². The van der Waals surface area contributed by atoms with E-state index < -0.39 is 0 Å². The zero-order valence-corrected chi connectivity index (χ0v) is 12.4. The van der Waals surface area contributed by atoms with Crippen LogP contribution in [-0.2, 0) is 0 Å². The van der Waals surface area contributed by atoms with Crippen molar-refractivity contribution in [2.75, 3.05) is 11.9 Å². The molecule has 0 saturated carbocycles. The van der Waals surface area contributed by atoms with Crippen LogP contribution in [0, 0.1) is 12.7 Å². The smallest absolute Gasteiger partial charge is 0.133 e. The molecule has 1 N–H and O–H groups in total. The lowest BCUT2D eigenvalue weighted by Crippen LogP contribution is -2.07. The Morgan fingerprint density at radius 1 is 1.25 bits per heavy atom. The largest absolute Gasteiger partial charge is 0.370 e. The molecule has 20 heavy (non-hydrogen) atoms. The number of aryl methyl sites for hydroxylation is 1. The second kappa shape index (κ2) is 5.99. The lowest BCUT2D eigenvalue weighted by molar-refractivity contribution is 0.619. The van der Waals surface area contributed by atoms with Gasteiger partial charge in [-0.2, -0.15) is 0 Å². The molecule has 0 aliphatic carbocycles. The van der Waals surface area contributed by atoms with E-state index >= 15 is 0 Å². The van der Waals surface area contributed by atoms with E-state index in [1.54, 1.807) is 19.1 Å². The van der Waals surface area contributed by atoms with Gasteiger partial charge in [-0.25, -0.2) is 14.4 Å². The van der Waals surface area contributed by atoms with Gasteiger partial charge in [-0.3, -0.25) is 0 Å². The number of rotatable bonds is 4. The summed E-state index contributed by atoms with van der Waals surface area (Å²) >= 11 is 0. The highest BCUT2D eigenvalue weighted by atomic mass is 19.1. The molecular weight excluding hydrogens is 253 g/mol. The van der Waals surface area contributed by atoms with Crippen LogP contribution in [0.3, 0.4) is 0 Å². The quantitative estimate of drug-likeness (QED) is 0.909. The van der Waals surface area contributed by atoms with Crippen LogP contribution in [0.2, 0.25) is 0 Å². The fourth-order valence-electron chi connectivity index (χ4n) is 2.22. The van der Waals surface area contributed by atoms with Crippen LogP contribution >= 0.6 is 0 Å². The first-order valence-corrected chi connectivity index (χ1v) is 6.89. The van der Waals surface area contributed by atoms with Gasteiger partial charge in [0.05, 0.1) is 5.69 Å². The van der Waals surface area contributed by atoms with Crippen LogP contribution in [0.5, 0.6) is 0 Å². The Labute approximate surface area is 119 Å². The van der Waals surface area contributed by atoms with Gasteiger partial charge in [0.15, 0.2) is 0 Å². The fourth-order valence-corrected chi connectivity index (χ4v) is 2.22. The molecule has 0 fully saturated rings. The van der Waals surface area contributed by atoms with Gasteiger partial charge in [-0.05, 0) is 31.4 Å². The van der Waals surface area contributed by atoms with E-state index in [0.717, 1.165) is 29.2 Å². The number of anilines is 1. The molecular formula is C16H20FN3. The summed E-state index contributed by atoms with van der Waals surface area (Å²) in [4.78, 5) is 8.67. The Morgan fingerprint density at radius 3 is 2.60 bits per heavy atom. The highest BCUT2D eigenvalue weighted by Crippen LogP contribution is 2.32. The number of aromatic nitrogens is 2. The van der Waals surface area contributed by atoms with Crippen LogP contribution in [-0.4, -0.2) is 16.5 Å². The van der Waals surface area contributed by atoms with Crippen LogP contribution in [0.15, 0.2) is 24.5 Å². The average molecular weight is 273 g/mol. The van der Waals surface area contributed by atoms with Gasteiger partial charge >= 0.3 is 0 Å². The predicted molar refractivity (Wildman–Crippen MR) is 80.4 cm³/mol. The van der Waals surface area contributed by atoms with Crippen LogP contribution in [0.1, 0.15) is 37.8 Å². The third-order valence-electron chi connectivity index (χ3n) is 3.25. The second-order valence-corrected chi connectivity index (χ2v) is 5.13. The molecule has 0 spiro atoms. The van der Waals surface area contributed by atoms with Gasteiger partial charge in [-0.15, -0.1) is 0 Å². The molecule has 0 unspecified atom stereocenters. The van der Waals surface area contributed by atoms with E-state index in [4.69, 9.17) is 0 Å². The summed E-state index contributed by atoms with van der Waals surface area (Å²) in [5.74, 6) is 0.874. The first-order chi connectivity index (χ1) is 9.54. The molecule has 2 aromatic rings. The number of nitrogens with one attached hydrogen (secondary N) is 1. The number of hydrogen-bond acceptors (Lipinski definition) is 3. The van der Waals surface area contributed by atoms with Crippen LogP contribution in [0.25, 0.3) is 11.3 Å². The number of halogens is 1. The highest BCUT2D eigenvalue weighted by Gasteiger charge is 2.16. The average Bonchev–Trinajstić information content (AvgIpc) is 2.42. The zero-order chi connectivity index (χ0) is 14.7. The van der Waals surface area contributed by atoms with E-state index in [2.05, 4.69) is 29.1 Å². The summed E-state index contributed by atoms with van der Waals surface area (Å²) in [5.41, 5.74) is 3.25. The van der Waals surface area contributed by atoms with E-state index in [9.17, 15) is 4.39 Å². The van der Waals surface area contributed by atoms with E-state index in [1.807, 2.05) is 13.0 Å². The SMILES string of the molecule is CCNc1ncnc(-c2ccc(C)c(F)c2)c1C(C)C. The molecule has 3 nitrogen and oxygen atoms in total. The van der Waals surface area contributed by atoms with Crippen molar-refractivity contribution in [3.8, 4) is 11.3 Å². The van der Waals surface area contributed by atoms with Gasteiger partial charge in [0.1, 0.15) is 18.0 Å². The molecule has 1 heterocycles. The summed E-state index contributed by atoms with van der Waals surface area (Å²) in [7, 11) is 0. The molecule has 0 aliphatic heterocycles. The van der Waals surface area contributed by atoms with Gasteiger partial charge < -0.3 is 5.32 Å². The molecule has 106 valence electrons. The fraction of sp³-hybridized carbons (Fsp3) is 0.375. The minimum Gasteiger partial charge on any atom is -0.370 e. The monoisotopic (exact) mass is 273 g/mol. The topological polar surface area (TPSA) is 37.8 Å². The molecule has 0 aliphatic rings. The van der Waals surface area contributed by atoms with E-state index in [-0.39, 0.29) is 11.7 Å². The van der Waals surface area contributed by atoms with Crippen molar-refractivity contribution in [2.45, 2.75) is 33.6 Å². The Morgan fingerprint density at radius 2 is 2.00 bits per heavy atom. The molecule has 1 aromatic heterocycles. The molecule has 0 atom stereocenters. The van der Waals surface area contributed by atoms with Crippen LogP contribution in [0.4, 0.5) is 10.2 Å². The van der Waals surface area contributed by atoms with Crippen molar-refractivity contribution >= 4 is 5.82 Å². The second-order valence-electron chi connectivity index (χ2n) is 5.13. The van der Waals surface area contributed by atoms with E-state index in [0.29, 0.717) is 5.56 Å². The molecule has 0 bridgehead atoms. The number of nitrogens with zero attached hydrogens (tertiary/aromatic N) is 2. The van der Waals surface area contributed by atoms with Crippen molar-refractivity contribution in [3.05, 3.63) is 41.5 Å². The van der Waals surface area contributed by atoms with E-state index in [1.165, 1.54) is 6.33 Å². The van der Waals surface area contributed by atoms with Crippen molar-refractivity contribution < 1.29 is 4.39 Å². The maximum atomic E-state index is 13.8. The van der Waals surface area contributed by atoms with Gasteiger partial charge in [0.2, 0.25) is 0 Å². The summed E-state index contributed by atoms with van der Waals surface area (Å²) in [6.07, 6.45) is 1.52. The highest BCUT2D eigenvalue weighted by molar-refractivity contribution is 5.69. The molecule has 0 amide bonds. The Bertz CT molecular complexity index is 609. The molecule has 4 heteroatoms. The maximum absolute atomic E-state index is 13.8. The first kappa shape index (κ1) is 14.4. The maximum Gasteiger partial charge on any atom is 0.133 e. The summed E-state index contributed by atoms with van der Waals surface area (Å²) in [5, 5.41) is 3.25. The van der Waals surface area contributed by atoms with Crippen LogP contribution < -0.4 is 5.32 Å². The normalized spacial score (nSPS) is 10.9. The standard InChI is InChI=1S/C16H20FN3/c1-5-18-16-14(10(2)3)15(19-9-20-16)12-7-6-11(4)13(17)8-12/h6-10H,5H2,1-4H3,(H,18,19,20). The molecule has 2 rings (SSSR count). The number of hydrogen-bond donors (Lipinski definition) is 1. The van der Waals surface area contributed by atoms with Crippen molar-refractivity contribution in [1.29, 1.82) is 0 Å². The molecule has 1 aromatic carbocycles. The van der Waals surface area contributed by atoms with Crippen molar-refractivity contribution in [3.63, 3.8) is 0 Å². The summed E-state index contributed by atoms with van der Waals surface area (Å²) in [6.45, 7) is 8.75. The third-order valence-corrected chi connectivity index (χ3v) is 3.25. The lowest BCUT2D eigenvalue weighted by Gasteiger charge is -2.16. The van der Waals surface area contributed by atoms with Gasteiger partial charge in [0.25, 0.3) is 0 Å². The molecule has 0 saturated heterocycles. The minimum atomic E-state index is -0.208. The first-order valence-electron chi connectivity index (χ1n) is 6.89. The Kier molecular flexibility index (Phi) is 4.32. The molecule has 0 radical (unpaired) electrons.